The van der Waals surface area contributed by atoms with Crippen molar-refractivity contribution in [3.8, 4) is 0 Å². The van der Waals surface area contributed by atoms with Crippen molar-refractivity contribution < 1.29 is 4.79 Å². The molecule has 3 nitrogen and oxygen atoms in total. The van der Waals surface area contributed by atoms with Crippen LogP contribution in [0.2, 0.25) is 0 Å². The van der Waals surface area contributed by atoms with Gasteiger partial charge in [0.1, 0.15) is 0 Å². The van der Waals surface area contributed by atoms with Gasteiger partial charge in [-0.1, -0.05) is 30.3 Å². The van der Waals surface area contributed by atoms with E-state index in [1.807, 2.05) is 61.5 Å². The summed E-state index contributed by atoms with van der Waals surface area (Å²) >= 11 is 2.23. The quantitative estimate of drug-likeness (QED) is 0.787. The van der Waals surface area contributed by atoms with Crippen LogP contribution in [0.3, 0.4) is 0 Å². The van der Waals surface area contributed by atoms with E-state index in [1.54, 1.807) is 0 Å². The molecule has 0 saturated heterocycles. The number of urea groups is 1. The van der Waals surface area contributed by atoms with Gasteiger partial charge in [0, 0.05) is 9.26 Å². The number of nitrogens with one attached hydrogen (secondary N) is 2. The monoisotopic (exact) mass is 366 g/mol. The minimum absolute atomic E-state index is 0.0231. The van der Waals surface area contributed by atoms with E-state index in [4.69, 9.17) is 0 Å². The standard InChI is InChI=1S/C15H15IN2O/c1-11(12-5-3-2-4-6-12)17-15(19)18-14-9-7-13(16)8-10-14/h2-11H,1H3,(H2,17,18,19)/t11-/m1/s1. The summed E-state index contributed by atoms with van der Waals surface area (Å²) in [6.07, 6.45) is 0. The first-order valence-corrected chi connectivity index (χ1v) is 7.11. The third-order valence-electron chi connectivity index (χ3n) is 2.75. The number of rotatable bonds is 3. The van der Waals surface area contributed by atoms with E-state index < -0.39 is 0 Å². The second-order valence-corrected chi connectivity index (χ2v) is 5.48. The van der Waals surface area contributed by atoms with E-state index >= 15 is 0 Å². The fourth-order valence-electron chi connectivity index (χ4n) is 1.72. The van der Waals surface area contributed by atoms with E-state index in [-0.39, 0.29) is 12.1 Å². The molecule has 0 heterocycles. The number of benzene rings is 2. The largest absolute Gasteiger partial charge is 0.331 e. The molecule has 0 aliphatic carbocycles. The number of halogens is 1. The van der Waals surface area contributed by atoms with Crippen molar-refractivity contribution in [3.63, 3.8) is 0 Å². The first kappa shape index (κ1) is 13.9. The summed E-state index contributed by atoms with van der Waals surface area (Å²) in [5.41, 5.74) is 1.87. The summed E-state index contributed by atoms with van der Waals surface area (Å²) < 4.78 is 1.14. The summed E-state index contributed by atoms with van der Waals surface area (Å²) in [6.45, 7) is 1.96. The van der Waals surface area contributed by atoms with Gasteiger partial charge in [-0.05, 0) is 59.3 Å². The highest BCUT2D eigenvalue weighted by Gasteiger charge is 2.08. The highest BCUT2D eigenvalue weighted by atomic mass is 127. The summed E-state index contributed by atoms with van der Waals surface area (Å²) in [6, 6.07) is 17.3. The molecule has 0 aliphatic rings. The maximum Gasteiger partial charge on any atom is 0.319 e. The van der Waals surface area contributed by atoms with Crippen LogP contribution in [0.4, 0.5) is 10.5 Å². The lowest BCUT2D eigenvalue weighted by Crippen LogP contribution is -2.31. The summed E-state index contributed by atoms with van der Waals surface area (Å²) in [7, 11) is 0. The van der Waals surface area contributed by atoms with Crippen LogP contribution in [-0.2, 0) is 0 Å². The van der Waals surface area contributed by atoms with E-state index in [0.717, 1.165) is 14.8 Å². The highest BCUT2D eigenvalue weighted by molar-refractivity contribution is 14.1. The third-order valence-corrected chi connectivity index (χ3v) is 3.47. The lowest BCUT2D eigenvalue weighted by Gasteiger charge is -2.15. The Morgan fingerprint density at radius 1 is 1.05 bits per heavy atom. The molecule has 0 fully saturated rings. The molecule has 0 saturated carbocycles. The Labute approximate surface area is 126 Å². The molecule has 98 valence electrons. The lowest BCUT2D eigenvalue weighted by molar-refractivity contribution is 0.249. The van der Waals surface area contributed by atoms with Crippen molar-refractivity contribution in [2.24, 2.45) is 0 Å². The molecule has 2 N–H and O–H groups in total. The fourth-order valence-corrected chi connectivity index (χ4v) is 2.08. The van der Waals surface area contributed by atoms with Crippen molar-refractivity contribution in [2.75, 3.05) is 5.32 Å². The smallest absolute Gasteiger partial charge is 0.319 e. The van der Waals surface area contributed by atoms with Gasteiger partial charge in [-0.2, -0.15) is 0 Å². The van der Waals surface area contributed by atoms with Gasteiger partial charge < -0.3 is 10.6 Å². The van der Waals surface area contributed by atoms with Gasteiger partial charge in [0.15, 0.2) is 0 Å². The van der Waals surface area contributed by atoms with Crippen molar-refractivity contribution in [2.45, 2.75) is 13.0 Å². The highest BCUT2D eigenvalue weighted by Crippen LogP contribution is 2.13. The van der Waals surface area contributed by atoms with Gasteiger partial charge in [-0.25, -0.2) is 4.79 Å². The van der Waals surface area contributed by atoms with Crippen LogP contribution in [0.5, 0.6) is 0 Å². The Balaban J connectivity index is 1.93. The van der Waals surface area contributed by atoms with Crippen LogP contribution in [0.1, 0.15) is 18.5 Å². The number of anilines is 1. The van der Waals surface area contributed by atoms with Crippen LogP contribution in [0, 0.1) is 3.57 Å². The first-order valence-electron chi connectivity index (χ1n) is 6.03. The van der Waals surface area contributed by atoms with Crippen molar-refractivity contribution in [1.29, 1.82) is 0 Å². The number of hydrogen-bond donors (Lipinski definition) is 2. The maximum atomic E-state index is 11.9. The van der Waals surface area contributed by atoms with E-state index in [9.17, 15) is 4.79 Å². The molecule has 0 unspecified atom stereocenters. The molecule has 0 radical (unpaired) electrons. The van der Waals surface area contributed by atoms with Gasteiger partial charge >= 0.3 is 6.03 Å². The third kappa shape index (κ3) is 4.24. The van der Waals surface area contributed by atoms with Crippen molar-refractivity contribution in [1.82, 2.24) is 5.32 Å². The maximum absolute atomic E-state index is 11.9. The van der Waals surface area contributed by atoms with E-state index in [0.29, 0.717) is 0 Å². The molecule has 2 aromatic carbocycles. The molecule has 0 spiro atoms. The SMILES string of the molecule is C[C@@H](NC(=O)Nc1ccc(I)cc1)c1ccccc1. The Hall–Kier alpha value is -1.56. The molecule has 1 atom stereocenters. The van der Waals surface area contributed by atoms with Crippen LogP contribution < -0.4 is 10.6 Å². The Bertz CT molecular complexity index is 540. The van der Waals surface area contributed by atoms with Crippen molar-refractivity contribution >= 4 is 34.3 Å². The minimum atomic E-state index is -0.197. The summed E-state index contributed by atoms with van der Waals surface area (Å²) in [5.74, 6) is 0. The molecule has 2 aromatic rings. The van der Waals surface area contributed by atoms with Gasteiger partial charge in [0.25, 0.3) is 0 Å². The van der Waals surface area contributed by atoms with Crippen LogP contribution in [0.15, 0.2) is 54.6 Å². The van der Waals surface area contributed by atoms with Gasteiger partial charge in [-0.15, -0.1) is 0 Å². The molecule has 0 aromatic heterocycles. The Morgan fingerprint density at radius 2 is 1.68 bits per heavy atom. The molecular weight excluding hydrogens is 351 g/mol. The minimum Gasteiger partial charge on any atom is -0.331 e. The van der Waals surface area contributed by atoms with Gasteiger partial charge in [0.05, 0.1) is 6.04 Å². The average Bonchev–Trinajstić information content (AvgIpc) is 2.42. The molecule has 2 amide bonds. The normalized spacial score (nSPS) is 11.7. The van der Waals surface area contributed by atoms with Crippen molar-refractivity contribution in [3.05, 3.63) is 63.7 Å². The first-order chi connectivity index (χ1) is 9.15. The molecule has 4 heteroatoms. The zero-order valence-corrected chi connectivity index (χ0v) is 12.7. The van der Waals surface area contributed by atoms with E-state index in [1.165, 1.54) is 0 Å². The van der Waals surface area contributed by atoms with Gasteiger partial charge in [-0.3, -0.25) is 0 Å². The average molecular weight is 366 g/mol. The van der Waals surface area contributed by atoms with E-state index in [2.05, 4.69) is 33.2 Å². The number of hydrogen-bond acceptors (Lipinski definition) is 1. The van der Waals surface area contributed by atoms with Crippen LogP contribution in [0.25, 0.3) is 0 Å². The number of amides is 2. The fraction of sp³-hybridized carbons (Fsp3) is 0.133. The summed E-state index contributed by atoms with van der Waals surface area (Å²) in [5, 5.41) is 5.72. The predicted molar refractivity (Wildman–Crippen MR) is 86.2 cm³/mol. The molecular formula is C15H15IN2O. The lowest BCUT2D eigenvalue weighted by atomic mass is 10.1. The van der Waals surface area contributed by atoms with Gasteiger partial charge in [0.2, 0.25) is 0 Å². The molecule has 2 rings (SSSR count). The number of carbonyl (C=O) groups excluding carboxylic acids is 1. The second kappa shape index (κ2) is 6.56. The van der Waals surface area contributed by atoms with Crippen LogP contribution in [-0.4, -0.2) is 6.03 Å². The van der Waals surface area contributed by atoms with Crippen LogP contribution >= 0.6 is 22.6 Å². The number of carbonyl (C=O) groups is 1. The second-order valence-electron chi connectivity index (χ2n) is 4.24. The summed E-state index contributed by atoms with van der Waals surface area (Å²) in [4.78, 5) is 11.9. The zero-order chi connectivity index (χ0) is 13.7. The topological polar surface area (TPSA) is 41.1 Å². The zero-order valence-electron chi connectivity index (χ0n) is 10.6. The Morgan fingerprint density at radius 3 is 2.32 bits per heavy atom. The predicted octanol–water partition coefficient (Wildman–Crippen LogP) is 4.17. The molecule has 0 bridgehead atoms. The molecule has 19 heavy (non-hydrogen) atoms. The molecule has 0 aliphatic heterocycles. The Kier molecular flexibility index (Phi) is 4.79.